The van der Waals surface area contributed by atoms with Crippen LogP contribution in [-0.4, -0.2) is 52.9 Å². The summed E-state index contributed by atoms with van der Waals surface area (Å²) in [5.41, 5.74) is 3.61. The maximum atomic E-state index is 13.6. The Balaban J connectivity index is 1.79. The molecule has 4 rings (SSSR count). The Labute approximate surface area is 222 Å². The highest BCUT2D eigenvalue weighted by atomic mass is 16.5. The summed E-state index contributed by atoms with van der Waals surface area (Å²) >= 11 is 0. The molecule has 8 heteroatoms. The highest BCUT2D eigenvalue weighted by molar-refractivity contribution is 6.19. The zero-order valence-electron chi connectivity index (χ0n) is 22.0. The number of carbonyl (C=O) groups excluding carboxylic acids is 2. The first kappa shape index (κ1) is 26.6. The second-order valence-corrected chi connectivity index (χ2v) is 9.15. The minimum Gasteiger partial charge on any atom is -0.497 e. The molecule has 0 N–H and O–H groups in total. The van der Waals surface area contributed by atoms with Crippen molar-refractivity contribution in [1.82, 2.24) is 14.7 Å². The molecule has 0 fully saturated rings. The molecule has 3 aromatic rings. The first-order valence-corrected chi connectivity index (χ1v) is 12.4. The lowest BCUT2D eigenvalue weighted by atomic mass is 9.93. The van der Waals surface area contributed by atoms with Crippen molar-refractivity contribution in [3.8, 4) is 28.8 Å². The van der Waals surface area contributed by atoms with Crippen molar-refractivity contribution in [1.29, 1.82) is 5.26 Å². The number of aromatic nitrogens is 2. The molecule has 0 saturated heterocycles. The molecule has 0 atom stereocenters. The third kappa shape index (κ3) is 5.58. The Hall–Kier alpha value is -4.48. The molecule has 38 heavy (non-hydrogen) atoms. The van der Waals surface area contributed by atoms with Crippen LogP contribution in [-0.2, 0) is 14.3 Å². The van der Waals surface area contributed by atoms with Crippen molar-refractivity contribution in [2.45, 2.75) is 33.3 Å². The van der Waals surface area contributed by atoms with Gasteiger partial charge in [0, 0.05) is 36.0 Å². The van der Waals surface area contributed by atoms with Gasteiger partial charge in [0.25, 0.3) is 11.8 Å². The SMILES string of the molecule is COc1ccc(-c2nn(-c3ccccc3)cc2/C=C2/C(=O)N(CCCOC(C)C)C(=O)C(C#N)=C2C)cc1. The molecule has 1 aliphatic rings. The highest BCUT2D eigenvalue weighted by Crippen LogP contribution is 2.31. The van der Waals surface area contributed by atoms with Gasteiger partial charge in [-0.3, -0.25) is 14.5 Å². The van der Waals surface area contributed by atoms with Gasteiger partial charge in [-0.15, -0.1) is 0 Å². The van der Waals surface area contributed by atoms with Gasteiger partial charge in [-0.25, -0.2) is 4.68 Å². The number of rotatable bonds is 9. The van der Waals surface area contributed by atoms with E-state index in [0.29, 0.717) is 35.6 Å². The first-order valence-electron chi connectivity index (χ1n) is 12.4. The number of hydrogen-bond donors (Lipinski definition) is 0. The summed E-state index contributed by atoms with van der Waals surface area (Å²) in [5.74, 6) is -0.303. The summed E-state index contributed by atoms with van der Waals surface area (Å²) in [7, 11) is 1.60. The molecule has 0 spiro atoms. The minimum atomic E-state index is -0.577. The van der Waals surface area contributed by atoms with Crippen LogP contribution in [0.1, 0.15) is 32.8 Å². The lowest BCUT2D eigenvalue weighted by Gasteiger charge is -2.27. The second kappa shape index (κ2) is 11.7. The van der Waals surface area contributed by atoms with Crippen molar-refractivity contribution in [2.24, 2.45) is 0 Å². The van der Waals surface area contributed by atoms with Crippen LogP contribution in [0.5, 0.6) is 5.75 Å². The highest BCUT2D eigenvalue weighted by Gasteiger charge is 2.35. The van der Waals surface area contributed by atoms with E-state index in [1.54, 1.807) is 24.8 Å². The zero-order valence-corrected chi connectivity index (χ0v) is 22.0. The maximum absolute atomic E-state index is 13.6. The minimum absolute atomic E-state index is 0.0397. The monoisotopic (exact) mass is 510 g/mol. The average molecular weight is 511 g/mol. The Morgan fingerprint density at radius 2 is 1.76 bits per heavy atom. The third-order valence-corrected chi connectivity index (χ3v) is 6.23. The third-order valence-electron chi connectivity index (χ3n) is 6.23. The molecule has 0 saturated carbocycles. The number of benzene rings is 2. The molecule has 1 aromatic heterocycles. The largest absolute Gasteiger partial charge is 0.497 e. The normalized spacial score (nSPS) is 14.9. The summed E-state index contributed by atoms with van der Waals surface area (Å²) in [4.78, 5) is 27.7. The number of imide groups is 1. The summed E-state index contributed by atoms with van der Waals surface area (Å²) < 4.78 is 12.6. The Morgan fingerprint density at radius 3 is 2.39 bits per heavy atom. The van der Waals surface area contributed by atoms with Crippen molar-refractivity contribution >= 4 is 17.9 Å². The van der Waals surface area contributed by atoms with Gasteiger partial charge >= 0.3 is 0 Å². The summed E-state index contributed by atoms with van der Waals surface area (Å²) in [5, 5.41) is 14.6. The lowest BCUT2D eigenvalue weighted by molar-refractivity contribution is -0.140. The Kier molecular flexibility index (Phi) is 8.19. The van der Waals surface area contributed by atoms with Crippen molar-refractivity contribution in [2.75, 3.05) is 20.3 Å². The van der Waals surface area contributed by atoms with Crippen LogP contribution in [0.2, 0.25) is 0 Å². The number of nitrogens with zero attached hydrogens (tertiary/aromatic N) is 4. The molecule has 0 radical (unpaired) electrons. The summed E-state index contributed by atoms with van der Waals surface area (Å²) in [6.07, 6.45) is 4.08. The van der Waals surface area contributed by atoms with E-state index in [-0.39, 0.29) is 23.8 Å². The fraction of sp³-hybridized carbons (Fsp3) is 0.267. The van der Waals surface area contributed by atoms with Crippen LogP contribution in [0, 0.1) is 11.3 Å². The average Bonchev–Trinajstić information content (AvgIpc) is 3.35. The van der Waals surface area contributed by atoms with Crippen molar-refractivity contribution in [3.05, 3.63) is 83.1 Å². The van der Waals surface area contributed by atoms with Crippen molar-refractivity contribution < 1.29 is 19.1 Å². The molecule has 1 aliphatic heterocycles. The fourth-order valence-corrected chi connectivity index (χ4v) is 4.21. The smallest absolute Gasteiger partial charge is 0.271 e. The molecular weight excluding hydrogens is 480 g/mol. The number of hydrogen-bond acceptors (Lipinski definition) is 6. The molecular formula is C30H30N4O4. The van der Waals surface area contributed by atoms with Crippen LogP contribution in [0.25, 0.3) is 23.0 Å². The van der Waals surface area contributed by atoms with Gasteiger partial charge < -0.3 is 9.47 Å². The predicted octanol–water partition coefficient (Wildman–Crippen LogP) is 4.96. The molecule has 8 nitrogen and oxygen atoms in total. The zero-order chi connectivity index (χ0) is 27.2. The summed E-state index contributed by atoms with van der Waals surface area (Å²) in [6.45, 7) is 6.05. The van der Waals surface area contributed by atoms with E-state index in [2.05, 4.69) is 0 Å². The maximum Gasteiger partial charge on any atom is 0.271 e. The van der Waals surface area contributed by atoms with Crippen LogP contribution in [0.15, 0.2) is 77.5 Å². The van der Waals surface area contributed by atoms with Crippen molar-refractivity contribution in [3.63, 3.8) is 0 Å². The summed E-state index contributed by atoms with van der Waals surface area (Å²) in [6, 6.07) is 19.1. The van der Waals surface area contributed by atoms with E-state index in [4.69, 9.17) is 14.6 Å². The Morgan fingerprint density at radius 1 is 1.05 bits per heavy atom. The van der Waals surface area contributed by atoms with Gasteiger partial charge in [0.15, 0.2) is 0 Å². The molecule has 2 amide bonds. The second-order valence-electron chi connectivity index (χ2n) is 9.15. The molecule has 0 aliphatic carbocycles. The predicted molar refractivity (Wildman–Crippen MR) is 144 cm³/mol. The van der Waals surface area contributed by atoms with E-state index in [9.17, 15) is 14.9 Å². The number of nitriles is 1. The number of ether oxygens (including phenoxy) is 2. The lowest BCUT2D eigenvalue weighted by Crippen LogP contribution is -2.43. The van der Waals surface area contributed by atoms with Gasteiger partial charge in [0.2, 0.25) is 0 Å². The molecule has 2 aromatic carbocycles. The van der Waals surface area contributed by atoms with E-state index < -0.39 is 11.8 Å². The Bertz CT molecular complexity index is 1430. The molecule has 0 unspecified atom stereocenters. The van der Waals surface area contributed by atoms with Gasteiger partial charge in [0.1, 0.15) is 17.4 Å². The van der Waals surface area contributed by atoms with Crippen LogP contribution in [0.3, 0.4) is 0 Å². The van der Waals surface area contributed by atoms with Crippen LogP contribution in [0.4, 0.5) is 0 Å². The molecule has 194 valence electrons. The van der Waals surface area contributed by atoms with Gasteiger partial charge in [-0.05, 0) is 75.2 Å². The van der Waals surface area contributed by atoms with Crippen LogP contribution >= 0.6 is 0 Å². The van der Waals surface area contributed by atoms with E-state index in [1.807, 2.05) is 80.7 Å². The molecule has 2 heterocycles. The van der Waals surface area contributed by atoms with E-state index in [0.717, 1.165) is 16.2 Å². The van der Waals surface area contributed by atoms with E-state index >= 15 is 0 Å². The number of para-hydroxylation sites is 1. The fourth-order valence-electron chi connectivity index (χ4n) is 4.21. The quantitative estimate of drug-likeness (QED) is 0.229. The van der Waals surface area contributed by atoms with Gasteiger partial charge in [-0.1, -0.05) is 18.2 Å². The van der Waals surface area contributed by atoms with E-state index in [1.165, 1.54) is 0 Å². The number of methoxy groups -OCH3 is 1. The van der Waals surface area contributed by atoms with Crippen LogP contribution < -0.4 is 4.74 Å². The standard InChI is InChI=1S/C30H30N4O4/c1-20(2)38-16-8-15-33-29(35)26(21(3)27(18-31)30(33)36)17-23-19-34(24-9-6-5-7-10-24)32-28(23)22-11-13-25(37-4)14-12-22/h5-7,9-14,17,19-20H,8,15-16H2,1-4H3/b26-17+. The topological polar surface area (TPSA) is 97.4 Å². The number of amides is 2. The number of carbonyl (C=O) groups is 2. The van der Waals surface area contributed by atoms with Gasteiger partial charge in [-0.2, -0.15) is 10.4 Å². The molecule has 0 bridgehead atoms. The first-order chi connectivity index (χ1) is 18.3. The van der Waals surface area contributed by atoms with Gasteiger partial charge in [0.05, 0.1) is 24.6 Å².